The van der Waals surface area contributed by atoms with Gasteiger partial charge in [0.15, 0.2) is 0 Å². The highest BCUT2D eigenvalue weighted by atomic mass is 16.5. The van der Waals surface area contributed by atoms with E-state index < -0.39 is 0 Å². The Kier molecular flexibility index (Phi) is 6.67. The van der Waals surface area contributed by atoms with E-state index >= 15 is 0 Å². The average molecular weight is 397 g/mol. The summed E-state index contributed by atoms with van der Waals surface area (Å²) >= 11 is 0. The number of nitrogens with zero attached hydrogens (tertiary/aromatic N) is 2. The summed E-state index contributed by atoms with van der Waals surface area (Å²) in [7, 11) is 4.73. The normalized spacial score (nSPS) is 10.4. The van der Waals surface area contributed by atoms with Gasteiger partial charge in [0, 0.05) is 24.5 Å². The highest BCUT2D eigenvalue weighted by Gasteiger charge is 2.12. The Bertz CT molecular complexity index is 953. The van der Waals surface area contributed by atoms with Crippen LogP contribution in [-0.2, 0) is 11.2 Å². The van der Waals surface area contributed by atoms with Gasteiger partial charge in [-0.3, -0.25) is 4.79 Å². The van der Waals surface area contributed by atoms with Crippen LogP contribution < -0.4 is 19.5 Å². The predicted octanol–water partition coefficient (Wildman–Crippen LogP) is 3.72. The number of aryl methyl sites for hydroxylation is 1. The topological polar surface area (TPSA) is 95.7 Å². The van der Waals surface area contributed by atoms with Crippen molar-refractivity contribution in [1.29, 1.82) is 0 Å². The number of amides is 1. The molecule has 0 unspecified atom stereocenters. The van der Waals surface area contributed by atoms with Gasteiger partial charge in [0.2, 0.25) is 17.6 Å². The molecule has 3 rings (SSSR count). The van der Waals surface area contributed by atoms with Gasteiger partial charge < -0.3 is 24.1 Å². The Hall–Kier alpha value is -3.55. The van der Waals surface area contributed by atoms with Crippen LogP contribution in [0.4, 0.5) is 5.69 Å². The third-order valence-electron chi connectivity index (χ3n) is 4.29. The van der Waals surface area contributed by atoms with E-state index in [1.807, 2.05) is 24.3 Å². The van der Waals surface area contributed by atoms with Crippen molar-refractivity contribution in [3.05, 3.63) is 48.4 Å². The molecule has 0 aliphatic heterocycles. The van der Waals surface area contributed by atoms with Crippen molar-refractivity contribution in [1.82, 2.24) is 10.1 Å². The summed E-state index contributed by atoms with van der Waals surface area (Å²) in [6.45, 7) is 0. The number of anilines is 1. The third-order valence-corrected chi connectivity index (χ3v) is 4.29. The van der Waals surface area contributed by atoms with Crippen LogP contribution in [0.5, 0.6) is 17.2 Å². The number of hydrogen-bond donors (Lipinski definition) is 1. The van der Waals surface area contributed by atoms with Crippen molar-refractivity contribution < 1.29 is 23.5 Å². The minimum atomic E-state index is -0.133. The lowest BCUT2D eigenvalue weighted by Crippen LogP contribution is -2.12. The Morgan fingerprint density at radius 2 is 1.72 bits per heavy atom. The number of ether oxygens (including phenoxy) is 3. The van der Waals surface area contributed by atoms with Crippen molar-refractivity contribution in [2.24, 2.45) is 0 Å². The highest BCUT2D eigenvalue weighted by Crippen LogP contribution is 2.29. The standard InChI is InChI=1S/C21H23N3O5/c1-26-15-9-7-14(8-10-15)21-23-20(29-24-21)6-4-5-19(25)22-17-13-16(27-2)11-12-18(17)28-3/h7-13H,4-6H2,1-3H3,(H,22,25). The molecule has 0 atom stereocenters. The summed E-state index contributed by atoms with van der Waals surface area (Å²) in [5, 5.41) is 6.83. The maximum atomic E-state index is 12.3. The Labute approximate surface area is 168 Å². The van der Waals surface area contributed by atoms with Crippen LogP contribution in [0.1, 0.15) is 18.7 Å². The van der Waals surface area contributed by atoms with Gasteiger partial charge in [0.25, 0.3) is 0 Å². The van der Waals surface area contributed by atoms with Gasteiger partial charge in [-0.05, 0) is 42.8 Å². The molecule has 0 fully saturated rings. The van der Waals surface area contributed by atoms with E-state index in [-0.39, 0.29) is 5.91 Å². The summed E-state index contributed by atoms with van der Waals surface area (Å²) in [5.41, 5.74) is 1.40. The highest BCUT2D eigenvalue weighted by molar-refractivity contribution is 5.92. The van der Waals surface area contributed by atoms with Gasteiger partial charge in [-0.2, -0.15) is 4.98 Å². The van der Waals surface area contributed by atoms with E-state index in [1.54, 1.807) is 39.5 Å². The molecule has 0 spiro atoms. The van der Waals surface area contributed by atoms with Gasteiger partial charge in [-0.1, -0.05) is 5.16 Å². The quantitative estimate of drug-likeness (QED) is 0.588. The number of methoxy groups -OCH3 is 3. The van der Waals surface area contributed by atoms with Crippen LogP contribution in [-0.4, -0.2) is 37.4 Å². The van der Waals surface area contributed by atoms with E-state index in [4.69, 9.17) is 18.7 Å². The molecule has 152 valence electrons. The molecule has 29 heavy (non-hydrogen) atoms. The van der Waals surface area contributed by atoms with Crippen molar-refractivity contribution in [3.8, 4) is 28.6 Å². The largest absolute Gasteiger partial charge is 0.497 e. The zero-order valence-corrected chi connectivity index (χ0v) is 16.6. The molecule has 1 heterocycles. The minimum Gasteiger partial charge on any atom is -0.497 e. The molecule has 0 radical (unpaired) electrons. The molecule has 8 nitrogen and oxygen atoms in total. The zero-order chi connectivity index (χ0) is 20.6. The van der Waals surface area contributed by atoms with E-state index in [1.165, 1.54) is 0 Å². The van der Waals surface area contributed by atoms with E-state index in [2.05, 4.69) is 15.5 Å². The number of hydrogen-bond acceptors (Lipinski definition) is 7. The van der Waals surface area contributed by atoms with Gasteiger partial charge in [0.05, 0.1) is 27.0 Å². The molecule has 0 saturated heterocycles. The molecule has 1 amide bonds. The Morgan fingerprint density at radius 3 is 2.41 bits per heavy atom. The zero-order valence-electron chi connectivity index (χ0n) is 16.6. The first-order valence-corrected chi connectivity index (χ1v) is 9.12. The first kappa shape index (κ1) is 20.2. The van der Waals surface area contributed by atoms with Gasteiger partial charge in [0.1, 0.15) is 17.2 Å². The minimum absolute atomic E-state index is 0.133. The second kappa shape index (κ2) is 9.59. The van der Waals surface area contributed by atoms with Crippen LogP contribution in [0.3, 0.4) is 0 Å². The molecule has 1 N–H and O–H groups in total. The number of benzene rings is 2. The van der Waals surface area contributed by atoms with Crippen molar-refractivity contribution in [2.75, 3.05) is 26.6 Å². The molecule has 8 heteroatoms. The molecule has 2 aromatic carbocycles. The molecule has 0 saturated carbocycles. The van der Waals surface area contributed by atoms with Crippen molar-refractivity contribution in [2.45, 2.75) is 19.3 Å². The summed E-state index contributed by atoms with van der Waals surface area (Å²) in [4.78, 5) is 16.7. The van der Waals surface area contributed by atoms with Crippen LogP contribution in [0, 0.1) is 0 Å². The molecular weight excluding hydrogens is 374 g/mol. The number of carbonyl (C=O) groups is 1. The number of rotatable bonds is 9. The summed E-state index contributed by atoms with van der Waals surface area (Å²) < 4.78 is 20.9. The Morgan fingerprint density at radius 1 is 1.00 bits per heavy atom. The number of aromatic nitrogens is 2. The maximum absolute atomic E-state index is 12.3. The number of carbonyl (C=O) groups excluding carboxylic acids is 1. The fourth-order valence-electron chi connectivity index (χ4n) is 2.74. The molecule has 0 aliphatic carbocycles. The SMILES string of the molecule is COc1ccc(-c2noc(CCCC(=O)Nc3cc(OC)ccc3OC)n2)cc1. The predicted molar refractivity (Wildman–Crippen MR) is 107 cm³/mol. The van der Waals surface area contributed by atoms with E-state index in [0.29, 0.717) is 48.2 Å². The molecule has 1 aromatic heterocycles. The Balaban J connectivity index is 1.52. The number of nitrogens with one attached hydrogen (secondary N) is 1. The summed E-state index contributed by atoms with van der Waals surface area (Å²) in [6, 6.07) is 12.6. The summed E-state index contributed by atoms with van der Waals surface area (Å²) in [5.74, 6) is 2.83. The molecular formula is C21H23N3O5. The van der Waals surface area contributed by atoms with Crippen molar-refractivity contribution in [3.63, 3.8) is 0 Å². The lowest BCUT2D eigenvalue weighted by molar-refractivity contribution is -0.116. The van der Waals surface area contributed by atoms with Crippen LogP contribution in [0.2, 0.25) is 0 Å². The van der Waals surface area contributed by atoms with Gasteiger partial charge in [-0.15, -0.1) is 0 Å². The lowest BCUT2D eigenvalue weighted by Gasteiger charge is -2.11. The maximum Gasteiger partial charge on any atom is 0.226 e. The molecule has 3 aromatic rings. The molecule has 0 aliphatic rings. The second-order valence-electron chi connectivity index (χ2n) is 6.21. The fourth-order valence-corrected chi connectivity index (χ4v) is 2.74. The van der Waals surface area contributed by atoms with Crippen LogP contribution in [0.15, 0.2) is 47.0 Å². The monoisotopic (exact) mass is 397 g/mol. The smallest absolute Gasteiger partial charge is 0.226 e. The van der Waals surface area contributed by atoms with Crippen molar-refractivity contribution >= 4 is 11.6 Å². The first-order valence-electron chi connectivity index (χ1n) is 9.12. The van der Waals surface area contributed by atoms with Crippen LogP contribution in [0.25, 0.3) is 11.4 Å². The first-order chi connectivity index (χ1) is 14.1. The third kappa shape index (κ3) is 5.25. The average Bonchev–Trinajstić information content (AvgIpc) is 3.22. The van der Waals surface area contributed by atoms with Gasteiger partial charge in [-0.25, -0.2) is 0 Å². The second-order valence-corrected chi connectivity index (χ2v) is 6.21. The summed E-state index contributed by atoms with van der Waals surface area (Å²) in [6.07, 6.45) is 1.38. The van der Waals surface area contributed by atoms with Gasteiger partial charge >= 0.3 is 0 Å². The lowest BCUT2D eigenvalue weighted by atomic mass is 10.2. The van der Waals surface area contributed by atoms with E-state index in [9.17, 15) is 4.79 Å². The fraction of sp³-hybridized carbons (Fsp3) is 0.286. The van der Waals surface area contributed by atoms with E-state index in [0.717, 1.165) is 11.3 Å². The molecule has 0 bridgehead atoms. The van der Waals surface area contributed by atoms with Crippen LogP contribution >= 0.6 is 0 Å².